The van der Waals surface area contributed by atoms with Crippen LogP contribution in [0.25, 0.3) is 0 Å². The molecule has 2 aliphatic rings. The molecule has 0 aromatic carbocycles. The first-order valence-electron chi connectivity index (χ1n) is 12.3. The molecule has 0 aromatic rings. The fraction of sp³-hybridized carbons (Fsp3) is 0.714. The van der Waals surface area contributed by atoms with Gasteiger partial charge in [-0.25, -0.2) is 0 Å². The summed E-state index contributed by atoms with van der Waals surface area (Å²) in [5.74, 6) is 4.44. The van der Waals surface area contributed by atoms with Crippen LogP contribution in [0.2, 0.25) is 0 Å². The van der Waals surface area contributed by atoms with Crippen molar-refractivity contribution in [3.63, 3.8) is 0 Å². The molecule has 0 aromatic heterocycles. The second-order valence-corrected chi connectivity index (χ2v) is 10.8. The second-order valence-electron chi connectivity index (χ2n) is 10.8. The minimum atomic E-state index is 0.356. The van der Waals surface area contributed by atoms with Gasteiger partial charge < -0.3 is 0 Å². The van der Waals surface area contributed by atoms with Gasteiger partial charge in [-0.15, -0.1) is 0 Å². The molecule has 0 N–H and O–H groups in total. The number of carbonyl (C=O) groups excluding carboxylic acids is 2. The van der Waals surface area contributed by atoms with E-state index < -0.39 is 0 Å². The van der Waals surface area contributed by atoms with E-state index in [1.54, 1.807) is 0 Å². The van der Waals surface area contributed by atoms with Gasteiger partial charge in [-0.1, -0.05) is 78.7 Å². The van der Waals surface area contributed by atoms with Crippen LogP contribution < -0.4 is 0 Å². The molecule has 2 aliphatic carbocycles. The van der Waals surface area contributed by atoms with E-state index in [1.807, 2.05) is 24.3 Å². The lowest BCUT2D eigenvalue weighted by molar-refractivity contribution is -0.106. The molecule has 2 rings (SSSR count). The summed E-state index contributed by atoms with van der Waals surface area (Å²) in [5, 5.41) is 0. The molecule has 2 heteroatoms. The van der Waals surface area contributed by atoms with E-state index in [0.29, 0.717) is 47.3 Å². The Kier molecular flexibility index (Phi) is 9.78. The van der Waals surface area contributed by atoms with Gasteiger partial charge in [-0.2, -0.15) is 0 Å². The predicted molar refractivity (Wildman–Crippen MR) is 127 cm³/mol. The average Bonchev–Trinajstić information content (AvgIpc) is 2.70. The fourth-order valence-corrected chi connectivity index (χ4v) is 6.00. The number of rotatable bonds is 8. The first-order chi connectivity index (χ1) is 14.3. The summed E-state index contributed by atoms with van der Waals surface area (Å²) in [4.78, 5) is 23.8. The molecule has 0 radical (unpaired) electrons. The zero-order valence-corrected chi connectivity index (χ0v) is 20.1. The molecule has 6 unspecified atom stereocenters. The second kappa shape index (κ2) is 11.8. The smallest absolute Gasteiger partial charge is 0.146 e. The minimum absolute atomic E-state index is 0.356. The normalized spacial score (nSPS) is 34.0. The molecule has 0 saturated heterocycles. The lowest BCUT2D eigenvalue weighted by atomic mass is 9.67. The summed E-state index contributed by atoms with van der Waals surface area (Å²) >= 11 is 0. The lowest BCUT2D eigenvalue weighted by Crippen LogP contribution is -2.29. The van der Waals surface area contributed by atoms with Gasteiger partial charge in [0.1, 0.15) is 12.6 Å². The number of carbonyl (C=O) groups is 2. The first kappa shape index (κ1) is 24.8. The van der Waals surface area contributed by atoms with Crippen LogP contribution in [0.1, 0.15) is 80.1 Å². The van der Waals surface area contributed by atoms with Crippen LogP contribution in [0.5, 0.6) is 0 Å². The van der Waals surface area contributed by atoms with E-state index in [1.165, 1.54) is 25.7 Å². The maximum atomic E-state index is 11.9. The van der Waals surface area contributed by atoms with E-state index >= 15 is 0 Å². The maximum absolute atomic E-state index is 11.9. The topological polar surface area (TPSA) is 34.1 Å². The molecule has 0 amide bonds. The van der Waals surface area contributed by atoms with E-state index in [0.717, 1.165) is 36.6 Å². The van der Waals surface area contributed by atoms with Gasteiger partial charge in [0, 0.05) is 0 Å². The third-order valence-corrected chi connectivity index (χ3v) is 7.86. The van der Waals surface area contributed by atoms with E-state index in [2.05, 4.69) is 41.5 Å². The van der Waals surface area contributed by atoms with Crippen LogP contribution in [0.4, 0.5) is 0 Å². The van der Waals surface area contributed by atoms with Crippen molar-refractivity contribution >= 4 is 12.6 Å². The quantitative estimate of drug-likeness (QED) is 0.240. The summed E-state index contributed by atoms with van der Waals surface area (Å²) in [6, 6.07) is 0. The van der Waals surface area contributed by atoms with Crippen LogP contribution in [0.3, 0.4) is 0 Å². The minimum Gasteiger partial charge on any atom is -0.298 e. The zero-order chi connectivity index (χ0) is 22.3. The Bertz CT molecular complexity index is 596. The van der Waals surface area contributed by atoms with Crippen LogP contribution in [0.15, 0.2) is 35.5 Å². The molecule has 2 nitrogen and oxygen atoms in total. The summed E-state index contributed by atoms with van der Waals surface area (Å²) in [5.41, 5.74) is 1.84. The van der Waals surface area contributed by atoms with Gasteiger partial charge in [0.05, 0.1) is 0 Å². The van der Waals surface area contributed by atoms with Crippen LogP contribution in [0, 0.1) is 47.3 Å². The van der Waals surface area contributed by atoms with Gasteiger partial charge in [-0.05, 0) is 84.2 Å². The predicted octanol–water partition coefficient (Wildman–Crippen LogP) is 7.21. The van der Waals surface area contributed by atoms with Crippen molar-refractivity contribution in [1.29, 1.82) is 0 Å². The lowest BCUT2D eigenvalue weighted by Gasteiger charge is -2.37. The van der Waals surface area contributed by atoms with Gasteiger partial charge in [0.15, 0.2) is 0 Å². The Hall–Kier alpha value is -1.44. The Balaban J connectivity index is 2.18. The summed E-state index contributed by atoms with van der Waals surface area (Å²) in [6.07, 6.45) is 17.2. The number of hydrogen-bond donors (Lipinski definition) is 0. The number of aldehydes is 2. The third kappa shape index (κ3) is 6.53. The van der Waals surface area contributed by atoms with E-state index in [-0.39, 0.29) is 0 Å². The molecule has 0 bridgehead atoms. The average molecular weight is 413 g/mol. The van der Waals surface area contributed by atoms with Crippen molar-refractivity contribution in [2.75, 3.05) is 0 Å². The Morgan fingerprint density at radius 1 is 0.667 bits per heavy atom. The van der Waals surface area contributed by atoms with Crippen LogP contribution >= 0.6 is 0 Å². The summed E-state index contributed by atoms with van der Waals surface area (Å²) in [6.45, 7) is 13.7. The van der Waals surface area contributed by atoms with Crippen molar-refractivity contribution < 1.29 is 9.59 Å². The molecule has 0 heterocycles. The van der Waals surface area contributed by atoms with Gasteiger partial charge >= 0.3 is 0 Å². The first-order valence-corrected chi connectivity index (χ1v) is 12.3. The molecule has 2 saturated carbocycles. The van der Waals surface area contributed by atoms with E-state index in [9.17, 15) is 9.59 Å². The van der Waals surface area contributed by atoms with Crippen molar-refractivity contribution in [2.45, 2.75) is 80.1 Å². The number of hydrogen-bond acceptors (Lipinski definition) is 2. The highest BCUT2D eigenvalue weighted by Gasteiger charge is 2.33. The fourth-order valence-electron chi connectivity index (χ4n) is 6.00. The van der Waals surface area contributed by atoms with Crippen molar-refractivity contribution in [3.8, 4) is 0 Å². The molecule has 6 atom stereocenters. The molecule has 0 spiro atoms. The van der Waals surface area contributed by atoms with Gasteiger partial charge in [-0.3, -0.25) is 9.59 Å². The van der Waals surface area contributed by atoms with Crippen LogP contribution in [-0.4, -0.2) is 12.6 Å². The van der Waals surface area contributed by atoms with Crippen molar-refractivity contribution in [2.24, 2.45) is 47.3 Å². The highest BCUT2D eigenvalue weighted by atomic mass is 16.1. The highest BCUT2D eigenvalue weighted by Crippen LogP contribution is 2.42. The molecule has 2 fully saturated rings. The SMILES string of the molecule is CC1CCC(C(C)C)C(C(C=O)=CC=CC=C(C=O)C2CC(C)CCC2C(C)C)C1. The molecule has 168 valence electrons. The van der Waals surface area contributed by atoms with Gasteiger partial charge in [0.25, 0.3) is 0 Å². The monoisotopic (exact) mass is 412 g/mol. The Morgan fingerprint density at radius 3 is 1.33 bits per heavy atom. The largest absolute Gasteiger partial charge is 0.298 e. The van der Waals surface area contributed by atoms with Crippen molar-refractivity contribution in [3.05, 3.63) is 35.5 Å². The Labute approximate surface area is 185 Å². The molecular formula is C28H44O2. The summed E-state index contributed by atoms with van der Waals surface area (Å²) in [7, 11) is 0. The van der Waals surface area contributed by atoms with Crippen molar-refractivity contribution in [1.82, 2.24) is 0 Å². The summed E-state index contributed by atoms with van der Waals surface area (Å²) < 4.78 is 0. The Morgan fingerprint density at radius 2 is 1.03 bits per heavy atom. The van der Waals surface area contributed by atoms with E-state index in [4.69, 9.17) is 0 Å². The van der Waals surface area contributed by atoms with Crippen LogP contribution in [-0.2, 0) is 9.59 Å². The molecule has 0 aliphatic heterocycles. The third-order valence-electron chi connectivity index (χ3n) is 7.86. The molecular weight excluding hydrogens is 368 g/mol. The number of allylic oxidation sites excluding steroid dienone is 6. The van der Waals surface area contributed by atoms with Gasteiger partial charge in [0.2, 0.25) is 0 Å². The molecule has 30 heavy (non-hydrogen) atoms. The standard InChI is InChI=1S/C28H44O2/c1-19(2)25-13-11-21(5)15-27(25)23(17-29)9-7-8-10-24(18-30)28-16-22(6)12-14-26(28)20(3)4/h7-10,17-22,25-28H,11-16H2,1-6H3. The highest BCUT2D eigenvalue weighted by molar-refractivity contribution is 5.76. The zero-order valence-electron chi connectivity index (χ0n) is 20.1. The maximum Gasteiger partial charge on any atom is 0.146 e.